The maximum atomic E-state index is 12.4. The number of halogens is 1. The van der Waals surface area contributed by atoms with Crippen molar-refractivity contribution >= 4 is 27.5 Å². The molecule has 0 unspecified atom stereocenters. The second kappa shape index (κ2) is 10.4. The zero-order valence-electron chi connectivity index (χ0n) is 16.3. The summed E-state index contributed by atoms with van der Waals surface area (Å²) in [6, 6.07) is 14.8. The van der Waals surface area contributed by atoms with Crippen LogP contribution in [0.4, 0.5) is 0 Å². The Morgan fingerprint density at radius 3 is 2.50 bits per heavy atom. The number of hydrogen-bond acceptors (Lipinski definition) is 5. The molecule has 3 N–H and O–H groups in total. The van der Waals surface area contributed by atoms with Gasteiger partial charge in [-0.3, -0.25) is 4.79 Å². The summed E-state index contributed by atoms with van der Waals surface area (Å²) in [5.41, 5.74) is 0.547. The van der Waals surface area contributed by atoms with E-state index in [0.29, 0.717) is 24.8 Å². The standard InChI is InChI=1S/C21H25ClN2O5S/c22-17-8-4-5-9-20(17)30(27,28)23-13-12-16-10-11-18(19(14-25)29-16)24-21(26)15-6-2-1-3-7-15/h1-9,16,18-19,23,25H,10-14H2,(H,24,26)/t16-,18+,19+/m1/s1. The molecule has 2 aromatic rings. The maximum Gasteiger partial charge on any atom is 0.251 e. The van der Waals surface area contributed by atoms with E-state index >= 15 is 0 Å². The SMILES string of the molecule is O=C(N[C@H]1CC[C@H](CCNS(=O)(=O)c2ccccc2Cl)O[C@H]1CO)c1ccccc1. The molecule has 162 valence electrons. The minimum absolute atomic E-state index is 0.0353. The van der Waals surface area contributed by atoms with Gasteiger partial charge in [0.2, 0.25) is 10.0 Å². The Hall–Kier alpha value is -1.97. The van der Waals surface area contributed by atoms with Crippen LogP contribution in [0.3, 0.4) is 0 Å². The summed E-state index contributed by atoms with van der Waals surface area (Å²) in [7, 11) is -3.71. The van der Waals surface area contributed by atoms with Gasteiger partial charge in [-0.2, -0.15) is 0 Å². The first-order chi connectivity index (χ1) is 14.4. The van der Waals surface area contributed by atoms with Gasteiger partial charge in [-0.05, 0) is 43.5 Å². The fourth-order valence-corrected chi connectivity index (χ4v) is 5.01. The van der Waals surface area contributed by atoms with E-state index in [1.165, 1.54) is 12.1 Å². The van der Waals surface area contributed by atoms with Crippen molar-refractivity contribution in [2.24, 2.45) is 0 Å². The summed E-state index contributed by atoms with van der Waals surface area (Å²) in [5, 5.41) is 12.8. The third kappa shape index (κ3) is 5.80. The van der Waals surface area contributed by atoms with E-state index in [0.717, 1.165) is 0 Å². The molecule has 2 aromatic carbocycles. The average Bonchev–Trinajstić information content (AvgIpc) is 2.75. The van der Waals surface area contributed by atoms with Gasteiger partial charge in [-0.25, -0.2) is 13.1 Å². The van der Waals surface area contributed by atoms with Crippen LogP contribution in [0.5, 0.6) is 0 Å². The lowest BCUT2D eigenvalue weighted by atomic mass is 9.97. The summed E-state index contributed by atoms with van der Waals surface area (Å²) in [6.07, 6.45) is 0.951. The minimum atomic E-state index is -3.71. The molecule has 1 amide bonds. The smallest absolute Gasteiger partial charge is 0.251 e. The molecular weight excluding hydrogens is 428 g/mol. The van der Waals surface area contributed by atoms with E-state index in [2.05, 4.69) is 10.0 Å². The molecule has 7 nitrogen and oxygen atoms in total. The largest absolute Gasteiger partial charge is 0.394 e. The predicted molar refractivity (Wildman–Crippen MR) is 114 cm³/mol. The molecule has 3 atom stereocenters. The van der Waals surface area contributed by atoms with Gasteiger partial charge < -0.3 is 15.2 Å². The monoisotopic (exact) mass is 452 g/mol. The van der Waals surface area contributed by atoms with Crippen molar-refractivity contribution in [2.45, 2.75) is 42.4 Å². The Morgan fingerprint density at radius 2 is 1.80 bits per heavy atom. The number of ether oxygens (including phenoxy) is 1. The van der Waals surface area contributed by atoms with Crippen LogP contribution in [0.1, 0.15) is 29.6 Å². The van der Waals surface area contributed by atoms with Crippen LogP contribution in [0.15, 0.2) is 59.5 Å². The number of rotatable bonds is 8. The number of nitrogens with one attached hydrogen (secondary N) is 2. The Kier molecular flexibility index (Phi) is 7.85. The van der Waals surface area contributed by atoms with Crippen molar-refractivity contribution in [3.05, 3.63) is 65.2 Å². The van der Waals surface area contributed by atoms with E-state index in [9.17, 15) is 18.3 Å². The molecule has 9 heteroatoms. The Morgan fingerprint density at radius 1 is 1.10 bits per heavy atom. The maximum absolute atomic E-state index is 12.4. The molecule has 0 saturated carbocycles. The van der Waals surface area contributed by atoms with E-state index in [1.54, 1.807) is 36.4 Å². The van der Waals surface area contributed by atoms with Gasteiger partial charge in [0.05, 0.1) is 23.8 Å². The third-order valence-electron chi connectivity index (χ3n) is 5.03. The van der Waals surface area contributed by atoms with Crippen LogP contribution in [0.25, 0.3) is 0 Å². The van der Waals surface area contributed by atoms with E-state index < -0.39 is 16.1 Å². The van der Waals surface area contributed by atoms with Gasteiger partial charge in [-0.15, -0.1) is 0 Å². The predicted octanol–water partition coefficient (Wildman–Crippen LogP) is 2.35. The Balaban J connectivity index is 1.50. The summed E-state index contributed by atoms with van der Waals surface area (Å²) in [6.45, 7) is -0.0565. The van der Waals surface area contributed by atoms with Crippen LogP contribution in [-0.2, 0) is 14.8 Å². The number of amides is 1. The summed E-state index contributed by atoms with van der Waals surface area (Å²) >= 11 is 5.97. The van der Waals surface area contributed by atoms with Crippen LogP contribution >= 0.6 is 11.6 Å². The fraction of sp³-hybridized carbons (Fsp3) is 0.381. The van der Waals surface area contributed by atoms with Crippen molar-refractivity contribution in [1.29, 1.82) is 0 Å². The Bertz CT molecular complexity index is 955. The first-order valence-corrected chi connectivity index (χ1v) is 11.6. The summed E-state index contributed by atoms with van der Waals surface area (Å²) in [4.78, 5) is 12.4. The third-order valence-corrected chi connectivity index (χ3v) is 6.99. The van der Waals surface area contributed by atoms with E-state index in [-0.39, 0.29) is 41.1 Å². The van der Waals surface area contributed by atoms with Crippen LogP contribution in [-0.4, -0.2) is 50.8 Å². The molecule has 0 aromatic heterocycles. The Labute approximate surface area is 181 Å². The van der Waals surface area contributed by atoms with Crippen LogP contribution in [0, 0.1) is 0 Å². The zero-order valence-corrected chi connectivity index (χ0v) is 17.9. The van der Waals surface area contributed by atoms with Gasteiger partial charge in [0.25, 0.3) is 5.91 Å². The highest BCUT2D eigenvalue weighted by Crippen LogP contribution is 2.23. The molecule has 0 radical (unpaired) electrons. The van der Waals surface area contributed by atoms with Crippen molar-refractivity contribution < 1.29 is 23.1 Å². The number of aliphatic hydroxyl groups excluding tert-OH is 1. The number of hydrogen-bond donors (Lipinski definition) is 3. The van der Waals surface area contributed by atoms with Crippen LogP contribution in [0.2, 0.25) is 5.02 Å². The van der Waals surface area contributed by atoms with E-state index in [4.69, 9.17) is 16.3 Å². The summed E-state index contributed by atoms with van der Waals surface area (Å²) in [5.74, 6) is -0.214. The molecule has 30 heavy (non-hydrogen) atoms. The van der Waals surface area contributed by atoms with Crippen molar-refractivity contribution in [3.63, 3.8) is 0 Å². The molecule has 3 rings (SSSR count). The van der Waals surface area contributed by atoms with Gasteiger partial charge >= 0.3 is 0 Å². The molecule has 1 heterocycles. The lowest BCUT2D eigenvalue weighted by Gasteiger charge is -2.36. The first-order valence-electron chi connectivity index (χ1n) is 9.77. The molecule has 1 aliphatic heterocycles. The zero-order chi connectivity index (χ0) is 21.6. The number of sulfonamides is 1. The number of benzene rings is 2. The normalized spacial score (nSPS) is 21.9. The average molecular weight is 453 g/mol. The van der Waals surface area contributed by atoms with Gasteiger partial charge in [0.15, 0.2) is 0 Å². The summed E-state index contributed by atoms with van der Waals surface area (Å²) < 4.78 is 33.2. The van der Waals surface area contributed by atoms with Gasteiger partial charge in [0, 0.05) is 12.1 Å². The van der Waals surface area contributed by atoms with Gasteiger partial charge in [0.1, 0.15) is 11.0 Å². The molecule has 1 saturated heterocycles. The molecule has 0 bridgehead atoms. The molecular formula is C21H25ClN2O5S. The van der Waals surface area contributed by atoms with E-state index in [1.807, 2.05) is 6.07 Å². The van der Waals surface area contributed by atoms with Gasteiger partial charge in [-0.1, -0.05) is 41.9 Å². The highest BCUT2D eigenvalue weighted by Gasteiger charge is 2.32. The lowest BCUT2D eigenvalue weighted by molar-refractivity contribution is -0.0891. The fourth-order valence-electron chi connectivity index (χ4n) is 3.45. The molecule has 1 aliphatic rings. The second-order valence-corrected chi connectivity index (χ2v) is 9.26. The number of carbonyl (C=O) groups excluding carboxylic acids is 1. The number of aliphatic hydroxyl groups is 1. The minimum Gasteiger partial charge on any atom is -0.394 e. The highest BCUT2D eigenvalue weighted by atomic mass is 35.5. The van der Waals surface area contributed by atoms with Crippen LogP contribution < -0.4 is 10.0 Å². The van der Waals surface area contributed by atoms with Crippen molar-refractivity contribution in [3.8, 4) is 0 Å². The quantitative estimate of drug-likeness (QED) is 0.570. The molecule has 0 spiro atoms. The second-order valence-electron chi connectivity index (χ2n) is 7.12. The first kappa shape index (κ1) is 22.7. The van der Waals surface area contributed by atoms with Crippen molar-refractivity contribution in [2.75, 3.05) is 13.2 Å². The molecule has 0 aliphatic carbocycles. The molecule has 1 fully saturated rings. The van der Waals surface area contributed by atoms with Crippen molar-refractivity contribution in [1.82, 2.24) is 10.0 Å². The number of carbonyl (C=O) groups is 1. The topological polar surface area (TPSA) is 105 Å². The highest BCUT2D eigenvalue weighted by molar-refractivity contribution is 7.89. The lowest BCUT2D eigenvalue weighted by Crippen LogP contribution is -2.51.